The average molecular weight is 244 g/mol. The van der Waals surface area contributed by atoms with Crippen LogP contribution in [0.2, 0.25) is 0 Å². The number of nitrogens with two attached hydrogens (primary N) is 1. The van der Waals surface area contributed by atoms with Crippen LogP contribution in [0.5, 0.6) is 0 Å². The van der Waals surface area contributed by atoms with Crippen molar-refractivity contribution >= 4 is 11.9 Å². The summed E-state index contributed by atoms with van der Waals surface area (Å²) in [5.41, 5.74) is 4.42. The van der Waals surface area contributed by atoms with E-state index >= 15 is 0 Å². The fraction of sp³-hybridized carbons (Fsp3) is 0.833. The molecule has 0 bridgehead atoms. The molecular formula is C12H24N2O3. The van der Waals surface area contributed by atoms with Crippen LogP contribution >= 0.6 is 0 Å². The van der Waals surface area contributed by atoms with Crippen LogP contribution in [0.1, 0.15) is 46.0 Å². The largest absolute Gasteiger partial charge is 0.467 e. The van der Waals surface area contributed by atoms with Gasteiger partial charge in [0.15, 0.2) is 0 Å². The number of carbonyl (C=O) groups excluding carboxylic acids is 2. The minimum atomic E-state index is -0.955. The van der Waals surface area contributed by atoms with Crippen LogP contribution in [0.4, 0.5) is 0 Å². The summed E-state index contributed by atoms with van der Waals surface area (Å²) in [5, 5.41) is 2.66. The van der Waals surface area contributed by atoms with E-state index < -0.39 is 11.5 Å². The number of hydrogen-bond acceptors (Lipinski definition) is 4. The van der Waals surface area contributed by atoms with Crippen LogP contribution in [-0.4, -0.2) is 31.1 Å². The zero-order chi connectivity index (χ0) is 13.3. The highest BCUT2D eigenvalue weighted by atomic mass is 16.5. The van der Waals surface area contributed by atoms with Gasteiger partial charge in [-0.15, -0.1) is 0 Å². The molecule has 5 nitrogen and oxygen atoms in total. The first-order valence-corrected chi connectivity index (χ1v) is 6.03. The second-order valence-corrected chi connectivity index (χ2v) is 4.62. The molecule has 0 aliphatic carbocycles. The van der Waals surface area contributed by atoms with Crippen molar-refractivity contribution in [3.05, 3.63) is 0 Å². The zero-order valence-electron chi connectivity index (χ0n) is 11.0. The van der Waals surface area contributed by atoms with E-state index in [1.165, 1.54) is 7.11 Å². The zero-order valence-corrected chi connectivity index (χ0v) is 11.0. The highest BCUT2D eigenvalue weighted by molar-refractivity contribution is 5.87. The molecule has 0 unspecified atom stereocenters. The van der Waals surface area contributed by atoms with E-state index in [0.717, 1.165) is 25.7 Å². The molecule has 0 aliphatic heterocycles. The Kier molecular flexibility index (Phi) is 7.54. The van der Waals surface area contributed by atoms with Gasteiger partial charge in [0.2, 0.25) is 5.91 Å². The van der Waals surface area contributed by atoms with Crippen molar-refractivity contribution in [2.24, 2.45) is 5.73 Å². The number of unbranched alkanes of at least 4 members (excludes halogenated alkanes) is 3. The second-order valence-electron chi connectivity index (χ2n) is 4.62. The Bertz CT molecular complexity index is 252. The molecule has 1 amide bonds. The summed E-state index contributed by atoms with van der Waals surface area (Å²) in [6.45, 7) is 3.96. The predicted molar refractivity (Wildman–Crippen MR) is 66.4 cm³/mol. The van der Waals surface area contributed by atoms with Crippen molar-refractivity contribution in [2.75, 3.05) is 13.7 Å². The lowest BCUT2D eigenvalue weighted by molar-refractivity contribution is -0.149. The van der Waals surface area contributed by atoms with Crippen molar-refractivity contribution in [1.29, 1.82) is 0 Å². The Hall–Kier alpha value is -1.10. The molecular weight excluding hydrogens is 220 g/mol. The number of ether oxygens (including phenoxy) is 1. The fourth-order valence-corrected chi connectivity index (χ4v) is 1.50. The number of methoxy groups -OCH3 is 1. The van der Waals surface area contributed by atoms with Gasteiger partial charge in [-0.3, -0.25) is 4.79 Å². The summed E-state index contributed by atoms with van der Waals surface area (Å²) in [4.78, 5) is 22.9. The van der Waals surface area contributed by atoms with Gasteiger partial charge in [-0.25, -0.2) is 4.79 Å². The van der Waals surface area contributed by atoms with Crippen LogP contribution in [0, 0.1) is 0 Å². The average Bonchev–Trinajstić information content (AvgIpc) is 2.27. The molecule has 0 radical (unpaired) electrons. The molecule has 0 heterocycles. The molecule has 0 saturated heterocycles. The molecule has 0 spiro atoms. The van der Waals surface area contributed by atoms with Gasteiger partial charge < -0.3 is 15.8 Å². The molecule has 0 fully saturated rings. The van der Waals surface area contributed by atoms with E-state index in [0.29, 0.717) is 13.0 Å². The van der Waals surface area contributed by atoms with E-state index in [4.69, 9.17) is 5.73 Å². The number of carbonyl (C=O) groups is 2. The van der Waals surface area contributed by atoms with Gasteiger partial charge in [-0.05, 0) is 33.2 Å². The Morgan fingerprint density at radius 1 is 1.18 bits per heavy atom. The molecule has 0 aromatic rings. The summed E-state index contributed by atoms with van der Waals surface area (Å²) in [6, 6.07) is 0. The number of nitrogens with one attached hydrogen (secondary N) is 1. The Morgan fingerprint density at radius 2 is 1.76 bits per heavy atom. The van der Waals surface area contributed by atoms with Crippen LogP contribution < -0.4 is 11.1 Å². The first-order chi connectivity index (χ1) is 7.94. The van der Waals surface area contributed by atoms with Crippen molar-refractivity contribution < 1.29 is 14.3 Å². The smallest absolute Gasteiger partial charge is 0.330 e. The molecule has 0 aromatic heterocycles. The molecule has 17 heavy (non-hydrogen) atoms. The minimum Gasteiger partial charge on any atom is -0.467 e. The lowest BCUT2D eigenvalue weighted by Gasteiger charge is -2.23. The summed E-state index contributed by atoms with van der Waals surface area (Å²) in [7, 11) is 1.31. The molecule has 5 heteroatoms. The van der Waals surface area contributed by atoms with E-state index in [-0.39, 0.29) is 5.91 Å². The van der Waals surface area contributed by atoms with E-state index in [2.05, 4.69) is 10.1 Å². The van der Waals surface area contributed by atoms with Gasteiger partial charge in [0.1, 0.15) is 5.54 Å². The van der Waals surface area contributed by atoms with Crippen molar-refractivity contribution in [1.82, 2.24) is 5.32 Å². The lowest BCUT2D eigenvalue weighted by Crippen LogP contribution is -2.50. The third-order valence-electron chi connectivity index (χ3n) is 2.51. The fourth-order valence-electron chi connectivity index (χ4n) is 1.50. The summed E-state index contributed by atoms with van der Waals surface area (Å²) < 4.78 is 4.61. The van der Waals surface area contributed by atoms with E-state index in [9.17, 15) is 9.59 Å². The predicted octanol–water partition coefficient (Wildman–Crippen LogP) is 0.963. The van der Waals surface area contributed by atoms with Crippen molar-refractivity contribution in [2.45, 2.75) is 51.5 Å². The summed E-state index contributed by atoms with van der Waals surface area (Å²) in [5.74, 6) is -0.554. The van der Waals surface area contributed by atoms with Gasteiger partial charge in [0.05, 0.1) is 7.11 Å². The Labute approximate surface area is 103 Å². The van der Waals surface area contributed by atoms with Gasteiger partial charge in [0, 0.05) is 6.42 Å². The number of esters is 1. The number of amides is 1. The van der Waals surface area contributed by atoms with Crippen LogP contribution in [0.3, 0.4) is 0 Å². The van der Waals surface area contributed by atoms with Crippen LogP contribution in [0.25, 0.3) is 0 Å². The van der Waals surface area contributed by atoms with Gasteiger partial charge >= 0.3 is 5.97 Å². The molecule has 0 aliphatic rings. The maximum Gasteiger partial charge on any atom is 0.330 e. The standard InChI is InChI=1S/C12H24N2O3/c1-12(2,11(16)17-3)14-10(15)8-6-4-5-7-9-13/h4-9,13H2,1-3H3,(H,14,15). The van der Waals surface area contributed by atoms with Gasteiger partial charge in [-0.1, -0.05) is 12.8 Å². The topological polar surface area (TPSA) is 81.4 Å². The highest BCUT2D eigenvalue weighted by Crippen LogP contribution is 2.07. The molecule has 100 valence electrons. The third kappa shape index (κ3) is 6.94. The second kappa shape index (κ2) is 8.06. The molecule has 0 aromatic carbocycles. The maximum atomic E-state index is 11.6. The normalized spacial score (nSPS) is 11.1. The van der Waals surface area contributed by atoms with Crippen LogP contribution in [0.15, 0.2) is 0 Å². The van der Waals surface area contributed by atoms with Crippen LogP contribution in [-0.2, 0) is 14.3 Å². The number of hydrogen-bond donors (Lipinski definition) is 2. The first-order valence-electron chi connectivity index (χ1n) is 6.03. The first kappa shape index (κ1) is 15.9. The molecule has 0 atom stereocenters. The van der Waals surface area contributed by atoms with Crippen molar-refractivity contribution in [3.8, 4) is 0 Å². The van der Waals surface area contributed by atoms with Crippen molar-refractivity contribution in [3.63, 3.8) is 0 Å². The van der Waals surface area contributed by atoms with E-state index in [1.807, 2.05) is 0 Å². The summed E-state index contributed by atoms with van der Waals surface area (Å²) in [6.07, 6.45) is 4.29. The number of rotatable bonds is 8. The third-order valence-corrected chi connectivity index (χ3v) is 2.51. The molecule has 0 saturated carbocycles. The molecule has 3 N–H and O–H groups in total. The van der Waals surface area contributed by atoms with Gasteiger partial charge in [-0.2, -0.15) is 0 Å². The Balaban J connectivity index is 3.82. The SMILES string of the molecule is COC(=O)C(C)(C)NC(=O)CCCCCCN. The molecule has 0 rings (SSSR count). The summed E-state index contributed by atoms with van der Waals surface area (Å²) >= 11 is 0. The highest BCUT2D eigenvalue weighted by Gasteiger charge is 2.29. The van der Waals surface area contributed by atoms with E-state index in [1.54, 1.807) is 13.8 Å². The quantitative estimate of drug-likeness (QED) is 0.492. The van der Waals surface area contributed by atoms with Gasteiger partial charge in [0.25, 0.3) is 0 Å². The Morgan fingerprint density at radius 3 is 2.29 bits per heavy atom. The maximum absolute atomic E-state index is 11.6. The monoisotopic (exact) mass is 244 g/mol. The lowest BCUT2D eigenvalue weighted by atomic mass is 10.1. The minimum absolute atomic E-state index is 0.117.